The van der Waals surface area contributed by atoms with Gasteiger partial charge in [-0.05, 0) is 17.7 Å². The van der Waals surface area contributed by atoms with Crippen molar-refractivity contribution in [3.05, 3.63) is 66.0 Å². The van der Waals surface area contributed by atoms with E-state index in [1.54, 1.807) is 0 Å². The molecule has 124 valence electrons. The van der Waals surface area contributed by atoms with Crippen LogP contribution >= 0.6 is 0 Å². The third-order valence-electron chi connectivity index (χ3n) is 3.76. The number of nitrogens with one attached hydrogen (secondary N) is 2. The predicted molar refractivity (Wildman–Crippen MR) is 99.1 cm³/mol. The van der Waals surface area contributed by atoms with E-state index in [1.807, 2.05) is 61.5 Å². The Morgan fingerprint density at radius 3 is 2.58 bits per heavy atom. The van der Waals surface area contributed by atoms with Crippen molar-refractivity contribution in [3.8, 4) is 0 Å². The lowest BCUT2D eigenvalue weighted by Gasteiger charge is -2.17. The number of aromatic amines is 1. The molecule has 0 aliphatic heterocycles. The molecule has 5 heteroatoms. The first-order valence-corrected chi connectivity index (χ1v) is 8.15. The maximum Gasteiger partial charge on any atom is 0.193 e. The zero-order chi connectivity index (χ0) is 16.8. The summed E-state index contributed by atoms with van der Waals surface area (Å²) in [6.45, 7) is 1.46. The molecule has 0 atom stereocenters. The number of guanidine groups is 1. The van der Waals surface area contributed by atoms with Gasteiger partial charge in [0.2, 0.25) is 0 Å². The highest BCUT2D eigenvalue weighted by molar-refractivity contribution is 5.79. The fourth-order valence-electron chi connectivity index (χ4n) is 2.52. The fourth-order valence-corrected chi connectivity index (χ4v) is 2.52. The van der Waals surface area contributed by atoms with Gasteiger partial charge in [-0.25, -0.2) is 9.98 Å². The van der Waals surface area contributed by atoms with E-state index < -0.39 is 0 Å². The number of hydrogen-bond acceptors (Lipinski definition) is 2. The maximum absolute atomic E-state index is 4.67. The maximum atomic E-state index is 4.67. The second-order valence-corrected chi connectivity index (χ2v) is 5.90. The highest BCUT2D eigenvalue weighted by Crippen LogP contribution is 2.10. The van der Waals surface area contributed by atoms with E-state index in [9.17, 15) is 0 Å². The summed E-state index contributed by atoms with van der Waals surface area (Å²) in [7, 11) is 4.00. The van der Waals surface area contributed by atoms with Gasteiger partial charge in [0.05, 0.1) is 17.6 Å². The molecule has 2 N–H and O–H groups in total. The lowest BCUT2D eigenvalue weighted by molar-refractivity contribution is 0.578. The number of hydrogen-bond donors (Lipinski definition) is 2. The van der Waals surface area contributed by atoms with Gasteiger partial charge in [-0.1, -0.05) is 42.5 Å². The summed E-state index contributed by atoms with van der Waals surface area (Å²) < 4.78 is 0. The summed E-state index contributed by atoms with van der Waals surface area (Å²) in [5.41, 5.74) is 3.30. The molecule has 2 aromatic carbocycles. The Balaban J connectivity index is 1.57. The van der Waals surface area contributed by atoms with E-state index >= 15 is 0 Å². The molecular weight excluding hydrogens is 298 g/mol. The third kappa shape index (κ3) is 4.13. The smallest absolute Gasteiger partial charge is 0.193 e. The van der Waals surface area contributed by atoms with Gasteiger partial charge in [-0.15, -0.1) is 0 Å². The minimum absolute atomic E-state index is 0.673. The monoisotopic (exact) mass is 321 g/mol. The molecule has 0 radical (unpaired) electrons. The van der Waals surface area contributed by atoms with Crippen LogP contribution in [0, 0.1) is 0 Å². The standard InChI is InChI=1S/C19H23N5/c1-24(2)19(21-14-15-8-4-3-5-9-15)20-13-12-18-22-16-10-6-7-11-17(16)23-18/h3-11H,12-14H2,1-2H3,(H,20,21)(H,22,23). The number of H-pyrrole nitrogens is 1. The lowest BCUT2D eigenvalue weighted by atomic mass is 10.2. The van der Waals surface area contributed by atoms with Crippen LogP contribution in [-0.2, 0) is 13.0 Å². The number of benzene rings is 2. The van der Waals surface area contributed by atoms with E-state index in [2.05, 4.69) is 32.4 Å². The third-order valence-corrected chi connectivity index (χ3v) is 3.76. The largest absolute Gasteiger partial charge is 0.356 e. The average molecular weight is 321 g/mol. The van der Waals surface area contributed by atoms with E-state index in [0.717, 1.165) is 35.8 Å². The van der Waals surface area contributed by atoms with Crippen molar-refractivity contribution in [1.29, 1.82) is 0 Å². The number of imidazole rings is 1. The minimum atomic E-state index is 0.673. The number of aliphatic imine (C=N–C) groups is 1. The molecule has 0 amide bonds. The lowest BCUT2D eigenvalue weighted by Crippen LogP contribution is -2.37. The highest BCUT2D eigenvalue weighted by Gasteiger charge is 2.04. The van der Waals surface area contributed by atoms with Crippen LogP contribution in [0.25, 0.3) is 11.0 Å². The van der Waals surface area contributed by atoms with Crippen molar-refractivity contribution in [2.75, 3.05) is 20.6 Å². The molecule has 24 heavy (non-hydrogen) atoms. The number of rotatable bonds is 5. The summed E-state index contributed by atoms with van der Waals surface area (Å²) >= 11 is 0. The molecule has 0 fully saturated rings. The van der Waals surface area contributed by atoms with E-state index in [-0.39, 0.29) is 0 Å². The predicted octanol–water partition coefficient (Wildman–Crippen LogP) is 2.81. The average Bonchev–Trinajstić information content (AvgIpc) is 3.01. The molecule has 0 aliphatic rings. The van der Waals surface area contributed by atoms with Gasteiger partial charge in [0.15, 0.2) is 5.96 Å². The summed E-state index contributed by atoms with van der Waals surface area (Å²) in [6.07, 6.45) is 0.826. The van der Waals surface area contributed by atoms with Crippen molar-refractivity contribution in [2.24, 2.45) is 4.99 Å². The second-order valence-electron chi connectivity index (χ2n) is 5.90. The van der Waals surface area contributed by atoms with Gasteiger partial charge >= 0.3 is 0 Å². The summed E-state index contributed by atoms with van der Waals surface area (Å²) in [5.74, 6) is 1.87. The second kappa shape index (κ2) is 7.64. The topological polar surface area (TPSA) is 56.3 Å². The molecule has 0 saturated heterocycles. The summed E-state index contributed by atoms with van der Waals surface area (Å²) in [6, 6.07) is 18.4. The van der Waals surface area contributed by atoms with Crippen LogP contribution in [0.1, 0.15) is 11.4 Å². The Morgan fingerprint density at radius 1 is 1.08 bits per heavy atom. The zero-order valence-corrected chi connectivity index (χ0v) is 14.2. The van der Waals surface area contributed by atoms with Crippen molar-refractivity contribution in [1.82, 2.24) is 20.2 Å². The first kappa shape index (κ1) is 16.1. The van der Waals surface area contributed by atoms with Crippen LogP contribution in [0.5, 0.6) is 0 Å². The molecule has 1 heterocycles. The SMILES string of the molecule is CN(C)C(=NCc1ccccc1)NCCc1nc2ccccc2[nH]1. The molecule has 0 unspecified atom stereocenters. The van der Waals surface area contributed by atoms with Crippen LogP contribution in [0.4, 0.5) is 0 Å². The Morgan fingerprint density at radius 2 is 1.83 bits per heavy atom. The molecule has 3 rings (SSSR count). The molecule has 0 aliphatic carbocycles. The number of nitrogens with zero attached hydrogens (tertiary/aromatic N) is 3. The van der Waals surface area contributed by atoms with Crippen LogP contribution in [0.2, 0.25) is 0 Å². The van der Waals surface area contributed by atoms with Gasteiger partial charge in [0, 0.05) is 27.1 Å². The summed E-state index contributed by atoms with van der Waals surface area (Å²) in [5, 5.41) is 3.40. The molecule has 3 aromatic rings. The van der Waals surface area contributed by atoms with Gasteiger partial charge in [0.1, 0.15) is 5.82 Å². The first-order valence-electron chi connectivity index (χ1n) is 8.15. The normalized spacial score (nSPS) is 11.7. The number of fused-ring (bicyclic) bond motifs is 1. The first-order chi connectivity index (χ1) is 11.7. The molecule has 5 nitrogen and oxygen atoms in total. The Labute approximate surface area is 142 Å². The van der Waals surface area contributed by atoms with E-state index in [1.165, 1.54) is 5.56 Å². The summed E-state index contributed by atoms with van der Waals surface area (Å²) in [4.78, 5) is 14.6. The van der Waals surface area contributed by atoms with Gasteiger partial charge in [-0.2, -0.15) is 0 Å². The van der Waals surface area contributed by atoms with Gasteiger partial charge in [0.25, 0.3) is 0 Å². The van der Waals surface area contributed by atoms with Crippen LogP contribution < -0.4 is 5.32 Å². The van der Waals surface area contributed by atoms with Crippen molar-refractivity contribution in [3.63, 3.8) is 0 Å². The van der Waals surface area contributed by atoms with Crippen LogP contribution in [0.15, 0.2) is 59.6 Å². The van der Waals surface area contributed by atoms with Crippen molar-refractivity contribution in [2.45, 2.75) is 13.0 Å². The molecule has 0 bridgehead atoms. The van der Waals surface area contributed by atoms with Gasteiger partial charge in [-0.3, -0.25) is 0 Å². The minimum Gasteiger partial charge on any atom is -0.356 e. The Kier molecular flexibility index (Phi) is 5.11. The van der Waals surface area contributed by atoms with Crippen molar-refractivity contribution >= 4 is 17.0 Å². The number of aromatic nitrogens is 2. The quantitative estimate of drug-likeness (QED) is 0.561. The van der Waals surface area contributed by atoms with Crippen molar-refractivity contribution < 1.29 is 0 Å². The Hall–Kier alpha value is -2.82. The van der Waals surface area contributed by atoms with E-state index in [0.29, 0.717) is 6.54 Å². The van der Waals surface area contributed by atoms with Crippen LogP contribution in [-0.4, -0.2) is 41.5 Å². The molecular formula is C19H23N5. The van der Waals surface area contributed by atoms with Gasteiger partial charge < -0.3 is 15.2 Å². The molecule has 0 saturated carbocycles. The van der Waals surface area contributed by atoms with E-state index in [4.69, 9.17) is 0 Å². The molecule has 1 aromatic heterocycles. The number of para-hydroxylation sites is 2. The molecule has 0 spiro atoms. The fraction of sp³-hybridized carbons (Fsp3) is 0.263. The highest BCUT2D eigenvalue weighted by atomic mass is 15.3. The zero-order valence-electron chi connectivity index (χ0n) is 14.2. The Bertz CT molecular complexity index is 772. The van der Waals surface area contributed by atoms with Crippen LogP contribution in [0.3, 0.4) is 0 Å².